The van der Waals surface area contributed by atoms with Gasteiger partial charge in [-0.1, -0.05) is 5.92 Å². The molecule has 0 fully saturated rings. The number of rotatable bonds is 0. The van der Waals surface area contributed by atoms with E-state index < -0.39 is 0 Å². The molecular formula is C10H7FN2. The molecule has 0 unspecified atom stereocenters. The van der Waals surface area contributed by atoms with Gasteiger partial charge < -0.3 is 4.98 Å². The van der Waals surface area contributed by atoms with Gasteiger partial charge in [-0.3, -0.25) is 0 Å². The van der Waals surface area contributed by atoms with Crippen molar-refractivity contribution in [2.45, 2.75) is 6.92 Å². The number of H-pyrrole nitrogens is 1. The molecule has 64 valence electrons. The van der Waals surface area contributed by atoms with Gasteiger partial charge in [0.1, 0.15) is 11.3 Å². The Bertz CT molecular complexity index is 505. The molecule has 2 aromatic rings. The van der Waals surface area contributed by atoms with Gasteiger partial charge in [0.2, 0.25) is 0 Å². The SMILES string of the molecule is C#Cc1cc(F)c2nc(C)[nH]c2c1. The van der Waals surface area contributed by atoms with Gasteiger partial charge in [-0.15, -0.1) is 6.42 Å². The normalized spacial score (nSPS) is 10.2. The van der Waals surface area contributed by atoms with Crippen LogP contribution in [-0.2, 0) is 0 Å². The van der Waals surface area contributed by atoms with E-state index in [1.807, 2.05) is 0 Å². The highest BCUT2D eigenvalue weighted by Crippen LogP contribution is 2.17. The van der Waals surface area contributed by atoms with Crippen molar-refractivity contribution in [3.8, 4) is 12.3 Å². The van der Waals surface area contributed by atoms with E-state index in [9.17, 15) is 4.39 Å². The maximum absolute atomic E-state index is 13.3. The molecule has 0 atom stereocenters. The second kappa shape index (κ2) is 2.60. The first-order valence-corrected chi connectivity index (χ1v) is 3.83. The van der Waals surface area contributed by atoms with Crippen molar-refractivity contribution in [3.63, 3.8) is 0 Å². The first-order valence-electron chi connectivity index (χ1n) is 3.83. The van der Waals surface area contributed by atoms with Gasteiger partial charge in [-0.05, 0) is 19.1 Å². The van der Waals surface area contributed by atoms with Gasteiger partial charge in [0.15, 0.2) is 5.82 Å². The van der Waals surface area contributed by atoms with Gasteiger partial charge in [0.05, 0.1) is 5.52 Å². The third kappa shape index (κ3) is 1.17. The lowest BCUT2D eigenvalue weighted by molar-refractivity contribution is 0.637. The number of imidazole rings is 1. The van der Waals surface area contributed by atoms with Gasteiger partial charge in [-0.25, -0.2) is 9.37 Å². The molecule has 2 rings (SSSR count). The van der Waals surface area contributed by atoms with E-state index in [4.69, 9.17) is 6.42 Å². The molecule has 0 aliphatic rings. The molecule has 0 aliphatic carbocycles. The van der Waals surface area contributed by atoms with E-state index in [1.165, 1.54) is 6.07 Å². The zero-order chi connectivity index (χ0) is 9.42. The number of halogens is 1. The summed E-state index contributed by atoms with van der Waals surface area (Å²) in [6.45, 7) is 1.77. The summed E-state index contributed by atoms with van der Waals surface area (Å²) in [7, 11) is 0. The van der Waals surface area contributed by atoms with Crippen LogP contribution >= 0.6 is 0 Å². The standard InChI is InChI=1S/C10H7FN2/c1-3-7-4-8(11)10-9(5-7)12-6(2)13-10/h1,4-5H,2H3,(H,12,13). The molecule has 0 saturated heterocycles. The molecule has 0 bridgehead atoms. The number of hydrogen-bond acceptors (Lipinski definition) is 1. The highest BCUT2D eigenvalue weighted by atomic mass is 19.1. The Labute approximate surface area is 74.8 Å². The minimum atomic E-state index is -0.380. The average Bonchev–Trinajstić information content (AvgIpc) is 2.46. The molecule has 1 N–H and O–H groups in total. The van der Waals surface area contributed by atoms with Crippen LogP contribution in [0.5, 0.6) is 0 Å². The topological polar surface area (TPSA) is 28.7 Å². The summed E-state index contributed by atoms with van der Waals surface area (Å²) >= 11 is 0. The fraction of sp³-hybridized carbons (Fsp3) is 0.100. The molecule has 1 aromatic carbocycles. The van der Waals surface area contributed by atoms with Crippen LogP contribution in [0.3, 0.4) is 0 Å². The Morgan fingerprint density at radius 3 is 3.00 bits per heavy atom. The first-order chi connectivity index (χ1) is 6.20. The summed E-state index contributed by atoms with van der Waals surface area (Å²) in [5, 5.41) is 0. The number of aromatic nitrogens is 2. The lowest BCUT2D eigenvalue weighted by Gasteiger charge is -1.92. The number of hydrogen-bond donors (Lipinski definition) is 1. The Morgan fingerprint density at radius 2 is 2.31 bits per heavy atom. The summed E-state index contributed by atoms with van der Waals surface area (Å²) in [6, 6.07) is 3.01. The minimum absolute atomic E-state index is 0.344. The largest absolute Gasteiger partial charge is 0.342 e. The highest BCUT2D eigenvalue weighted by molar-refractivity contribution is 5.77. The van der Waals surface area contributed by atoms with Crippen LogP contribution in [0.1, 0.15) is 11.4 Å². The molecule has 0 aliphatic heterocycles. The van der Waals surface area contributed by atoms with Crippen LogP contribution in [-0.4, -0.2) is 9.97 Å². The molecule has 13 heavy (non-hydrogen) atoms. The predicted molar refractivity (Wildman–Crippen MR) is 48.7 cm³/mol. The number of fused-ring (bicyclic) bond motifs is 1. The van der Waals surface area contributed by atoms with Crippen LogP contribution in [0.25, 0.3) is 11.0 Å². The van der Waals surface area contributed by atoms with E-state index in [0.717, 1.165) is 0 Å². The number of nitrogens with zero attached hydrogens (tertiary/aromatic N) is 1. The van der Waals surface area contributed by atoms with Gasteiger partial charge in [-0.2, -0.15) is 0 Å². The van der Waals surface area contributed by atoms with Crippen molar-refractivity contribution < 1.29 is 4.39 Å². The molecule has 0 radical (unpaired) electrons. The van der Waals surface area contributed by atoms with Crippen molar-refractivity contribution in [2.75, 3.05) is 0 Å². The van der Waals surface area contributed by atoms with Crippen LogP contribution in [0.2, 0.25) is 0 Å². The average molecular weight is 174 g/mol. The maximum Gasteiger partial charge on any atom is 0.152 e. The van der Waals surface area contributed by atoms with Gasteiger partial charge in [0.25, 0.3) is 0 Å². The Morgan fingerprint density at radius 1 is 1.54 bits per heavy atom. The smallest absolute Gasteiger partial charge is 0.152 e. The molecule has 1 aromatic heterocycles. The first kappa shape index (κ1) is 7.81. The Kier molecular flexibility index (Phi) is 1.56. The van der Waals surface area contributed by atoms with Crippen LogP contribution in [0.4, 0.5) is 4.39 Å². The lowest BCUT2D eigenvalue weighted by atomic mass is 10.2. The molecule has 0 spiro atoms. The van der Waals surface area contributed by atoms with Crippen LogP contribution < -0.4 is 0 Å². The van der Waals surface area contributed by atoms with Crippen molar-refractivity contribution >= 4 is 11.0 Å². The van der Waals surface area contributed by atoms with Crippen LogP contribution in [0, 0.1) is 25.1 Å². The fourth-order valence-corrected chi connectivity index (χ4v) is 1.28. The Hall–Kier alpha value is -1.82. The number of aryl methyl sites for hydroxylation is 1. The van der Waals surface area contributed by atoms with Crippen molar-refractivity contribution in [3.05, 3.63) is 29.3 Å². The number of nitrogens with one attached hydrogen (secondary N) is 1. The van der Waals surface area contributed by atoms with Crippen molar-refractivity contribution in [1.29, 1.82) is 0 Å². The number of benzene rings is 1. The summed E-state index contributed by atoms with van der Waals surface area (Å²) in [4.78, 5) is 6.92. The summed E-state index contributed by atoms with van der Waals surface area (Å²) in [5.41, 5.74) is 1.51. The predicted octanol–water partition coefficient (Wildman–Crippen LogP) is 1.99. The third-order valence-electron chi connectivity index (χ3n) is 1.83. The Balaban J connectivity index is 2.85. The molecular weight excluding hydrogens is 167 g/mol. The summed E-state index contributed by atoms with van der Waals surface area (Å²) < 4.78 is 13.3. The second-order valence-corrected chi connectivity index (χ2v) is 2.82. The summed E-state index contributed by atoms with van der Waals surface area (Å²) in [5.74, 6) is 2.68. The lowest BCUT2D eigenvalue weighted by Crippen LogP contribution is -1.81. The maximum atomic E-state index is 13.3. The van der Waals surface area contributed by atoms with E-state index in [1.54, 1.807) is 13.0 Å². The van der Waals surface area contributed by atoms with Gasteiger partial charge in [0, 0.05) is 5.56 Å². The molecule has 2 nitrogen and oxygen atoms in total. The number of aromatic amines is 1. The second-order valence-electron chi connectivity index (χ2n) is 2.82. The number of terminal acetylenes is 1. The zero-order valence-electron chi connectivity index (χ0n) is 7.06. The molecule has 0 saturated carbocycles. The quantitative estimate of drug-likeness (QED) is 0.608. The van der Waals surface area contributed by atoms with E-state index in [0.29, 0.717) is 22.4 Å². The van der Waals surface area contributed by atoms with E-state index >= 15 is 0 Å². The molecule has 0 amide bonds. The zero-order valence-corrected chi connectivity index (χ0v) is 7.06. The summed E-state index contributed by atoms with van der Waals surface area (Å²) in [6.07, 6.45) is 5.17. The molecule has 1 heterocycles. The monoisotopic (exact) mass is 174 g/mol. The van der Waals surface area contributed by atoms with E-state index in [-0.39, 0.29) is 5.82 Å². The highest BCUT2D eigenvalue weighted by Gasteiger charge is 2.06. The van der Waals surface area contributed by atoms with Crippen LogP contribution in [0.15, 0.2) is 12.1 Å². The fourth-order valence-electron chi connectivity index (χ4n) is 1.28. The third-order valence-corrected chi connectivity index (χ3v) is 1.83. The van der Waals surface area contributed by atoms with Gasteiger partial charge >= 0.3 is 0 Å². The van der Waals surface area contributed by atoms with Crippen molar-refractivity contribution in [1.82, 2.24) is 9.97 Å². The van der Waals surface area contributed by atoms with Crippen molar-refractivity contribution in [2.24, 2.45) is 0 Å². The minimum Gasteiger partial charge on any atom is -0.342 e. The molecule has 3 heteroatoms. The van der Waals surface area contributed by atoms with E-state index in [2.05, 4.69) is 15.9 Å².